The van der Waals surface area contributed by atoms with Gasteiger partial charge >= 0.3 is 5.97 Å². The molecule has 1 aliphatic carbocycles. The van der Waals surface area contributed by atoms with Crippen LogP contribution >= 0.6 is 11.3 Å². The summed E-state index contributed by atoms with van der Waals surface area (Å²) in [5.41, 5.74) is 1.09. The molecule has 17 heavy (non-hydrogen) atoms. The van der Waals surface area contributed by atoms with Crippen molar-refractivity contribution in [3.8, 4) is 0 Å². The smallest absolute Gasteiger partial charge is 0.303 e. The predicted molar refractivity (Wildman–Crippen MR) is 64.3 cm³/mol. The number of hydrogen-bond acceptors (Lipinski definition) is 4. The molecule has 0 aliphatic heterocycles. The Labute approximate surface area is 103 Å². The number of aliphatic carboxylic acids is 1. The number of carboxylic acid groups (broad SMARTS) is 1. The van der Waals surface area contributed by atoms with E-state index in [4.69, 9.17) is 5.11 Å². The van der Waals surface area contributed by atoms with Gasteiger partial charge in [0.15, 0.2) is 5.13 Å². The van der Waals surface area contributed by atoms with Gasteiger partial charge in [-0.25, -0.2) is 4.98 Å². The minimum atomic E-state index is -0.960. The number of amides is 1. The van der Waals surface area contributed by atoms with E-state index in [0.717, 1.165) is 25.0 Å². The summed E-state index contributed by atoms with van der Waals surface area (Å²) in [4.78, 5) is 27.4. The second-order valence-electron chi connectivity index (χ2n) is 4.04. The second kappa shape index (κ2) is 5.27. The number of anilines is 1. The number of rotatable bonds is 4. The van der Waals surface area contributed by atoms with Gasteiger partial charge in [0.05, 0.1) is 12.1 Å². The van der Waals surface area contributed by atoms with Crippen LogP contribution in [0.3, 0.4) is 0 Å². The zero-order valence-corrected chi connectivity index (χ0v) is 10.2. The van der Waals surface area contributed by atoms with Crippen LogP contribution in [0.1, 0.15) is 36.3 Å². The number of fused-ring (bicyclic) bond motifs is 1. The molecule has 1 amide bonds. The molecule has 1 heterocycles. The van der Waals surface area contributed by atoms with Crippen molar-refractivity contribution in [2.24, 2.45) is 0 Å². The highest BCUT2D eigenvalue weighted by Gasteiger charge is 2.16. The van der Waals surface area contributed by atoms with Gasteiger partial charge in [-0.3, -0.25) is 9.59 Å². The van der Waals surface area contributed by atoms with E-state index in [-0.39, 0.29) is 18.7 Å². The number of aromatic nitrogens is 1. The van der Waals surface area contributed by atoms with Crippen LogP contribution in [0.2, 0.25) is 0 Å². The Morgan fingerprint density at radius 1 is 1.29 bits per heavy atom. The van der Waals surface area contributed by atoms with Gasteiger partial charge in [-0.2, -0.15) is 0 Å². The average molecular weight is 254 g/mol. The molecule has 2 N–H and O–H groups in total. The molecule has 0 saturated carbocycles. The summed E-state index contributed by atoms with van der Waals surface area (Å²) in [5.74, 6) is -1.24. The molecule has 0 atom stereocenters. The number of thiazole rings is 1. The summed E-state index contributed by atoms with van der Waals surface area (Å²) >= 11 is 1.51. The van der Waals surface area contributed by atoms with Crippen LogP contribution in [0.25, 0.3) is 0 Å². The van der Waals surface area contributed by atoms with Crippen LogP contribution in [-0.4, -0.2) is 22.0 Å². The zero-order chi connectivity index (χ0) is 12.3. The van der Waals surface area contributed by atoms with Crippen LogP contribution < -0.4 is 5.32 Å². The Balaban J connectivity index is 1.92. The van der Waals surface area contributed by atoms with Crippen molar-refractivity contribution in [1.29, 1.82) is 0 Å². The molecule has 0 aromatic carbocycles. The van der Waals surface area contributed by atoms with Crippen molar-refractivity contribution in [1.82, 2.24) is 4.98 Å². The van der Waals surface area contributed by atoms with E-state index in [1.165, 1.54) is 22.6 Å². The molecular formula is C11H14N2O3S. The minimum Gasteiger partial charge on any atom is -0.481 e. The lowest BCUT2D eigenvalue weighted by molar-refractivity contribution is -0.138. The molecule has 0 unspecified atom stereocenters. The van der Waals surface area contributed by atoms with Crippen molar-refractivity contribution in [2.75, 3.05) is 5.32 Å². The topological polar surface area (TPSA) is 79.3 Å². The van der Waals surface area contributed by atoms with Gasteiger partial charge < -0.3 is 10.4 Å². The highest BCUT2D eigenvalue weighted by Crippen LogP contribution is 2.29. The first-order chi connectivity index (χ1) is 8.15. The Kier molecular flexibility index (Phi) is 3.73. The zero-order valence-electron chi connectivity index (χ0n) is 9.36. The number of carbonyl (C=O) groups excluding carboxylic acids is 1. The van der Waals surface area contributed by atoms with E-state index in [1.807, 2.05) is 0 Å². The molecule has 0 saturated heterocycles. The molecule has 92 valence electrons. The lowest BCUT2D eigenvalue weighted by Gasteiger charge is -2.06. The van der Waals surface area contributed by atoms with Crippen LogP contribution in [0.5, 0.6) is 0 Å². The van der Waals surface area contributed by atoms with Crippen molar-refractivity contribution in [3.05, 3.63) is 10.6 Å². The standard InChI is InChI=1S/C11H14N2O3S/c14-9(5-6-10(15)16)13-11-12-7-3-1-2-4-8(7)17-11/h1-6H2,(H,15,16)(H,12,13,14). The first-order valence-corrected chi connectivity index (χ1v) is 6.47. The Hall–Kier alpha value is -1.43. The molecule has 2 rings (SSSR count). The van der Waals surface area contributed by atoms with E-state index >= 15 is 0 Å². The van der Waals surface area contributed by atoms with Crippen LogP contribution in [0.15, 0.2) is 0 Å². The maximum absolute atomic E-state index is 11.4. The first kappa shape index (κ1) is 12.0. The van der Waals surface area contributed by atoms with Crippen molar-refractivity contribution in [3.63, 3.8) is 0 Å². The minimum absolute atomic E-state index is 0.000417. The summed E-state index contributed by atoms with van der Waals surface area (Å²) < 4.78 is 0. The van der Waals surface area contributed by atoms with Crippen molar-refractivity contribution >= 4 is 28.3 Å². The van der Waals surface area contributed by atoms with Gasteiger partial charge in [0.1, 0.15) is 0 Å². The van der Waals surface area contributed by atoms with Gasteiger partial charge in [0.2, 0.25) is 5.91 Å². The first-order valence-electron chi connectivity index (χ1n) is 5.65. The molecule has 1 aromatic rings. The van der Waals surface area contributed by atoms with Gasteiger partial charge in [-0.1, -0.05) is 0 Å². The monoisotopic (exact) mass is 254 g/mol. The van der Waals surface area contributed by atoms with Gasteiger partial charge in [0.25, 0.3) is 0 Å². The van der Waals surface area contributed by atoms with Crippen LogP contribution in [0, 0.1) is 0 Å². The van der Waals surface area contributed by atoms with Crippen molar-refractivity contribution < 1.29 is 14.7 Å². The Morgan fingerprint density at radius 2 is 2.06 bits per heavy atom. The maximum atomic E-state index is 11.4. The van der Waals surface area contributed by atoms with Gasteiger partial charge in [-0.15, -0.1) is 11.3 Å². The largest absolute Gasteiger partial charge is 0.481 e. The predicted octanol–water partition coefficient (Wildman–Crippen LogP) is 1.83. The molecule has 1 aromatic heterocycles. The van der Waals surface area contributed by atoms with E-state index in [1.54, 1.807) is 0 Å². The fourth-order valence-corrected chi connectivity index (χ4v) is 2.87. The third-order valence-corrected chi connectivity index (χ3v) is 3.73. The second-order valence-corrected chi connectivity index (χ2v) is 5.12. The molecule has 1 aliphatic rings. The summed E-state index contributed by atoms with van der Waals surface area (Å²) in [6, 6.07) is 0. The summed E-state index contributed by atoms with van der Waals surface area (Å²) in [6.07, 6.45) is 4.22. The molecule has 5 nitrogen and oxygen atoms in total. The van der Waals surface area contributed by atoms with Crippen molar-refractivity contribution in [2.45, 2.75) is 38.5 Å². The van der Waals surface area contributed by atoms with Crippen LogP contribution in [-0.2, 0) is 22.4 Å². The normalized spacial score (nSPS) is 14.1. The fourth-order valence-electron chi connectivity index (χ4n) is 1.81. The number of carboxylic acids is 1. The quantitative estimate of drug-likeness (QED) is 0.859. The maximum Gasteiger partial charge on any atom is 0.303 e. The summed E-state index contributed by atoms with van der Waals surface area (Å²) in [5, 5.41) is 11.7. The lowest BCUT2D eigenvalue weighted by atomic mass is 10.0. The molecule has 0 radical (unpaired) electrons. The van der Waals surface area contributed by atoms with Gasteiger partial charge in [0, 0.05) is 11.3 Å². The summed E-state index contributed by atoms with van der Waals surface area (Å²) in [6.45, 7) is 0. The molecule has 0 bridgehead atoms. The molecule has 0 spiro atoms. The van der Waals surface area contributed by atoms with Crippen LogP contribution in [0.4, 0.5) is 5.13 Å². The number of hydrogen-bond donors (Lipinski definition) is 2. The van der Waals surface area contributed by atoms with E-state index < -0.39 is 5.97 Å². The average Bonchev–Trinajstić information content (AvgIpc) is 2.68. The van der Waals surface area contributed by atoms with E-state index in [2.05, 4.69) is 10.3 Å². The Morgan fingerprint density at radius 3 is 2.76 bits per heavy atom. The van der Waals surface area contributed by atoms with E-state index in [0.29, 0.717) is 5.13 Å². The summed E-state index contributed by atoms with van der Waals surface area (Å²) in [7, 11) is 0. The highest BCUT2D eigenvalue weighted by atomic mass is 32.1. The fraction of sp³-hybridized carbons (Fsp3) is 0.545. The lowest BCUT2D eigenvalue weighted by Crippen LogP contribution is -2.13. The SMILES string of the molecule is O=C(O)CCC(=O)Nc1nc2c(s1)CCCC2. The number of nitrogens with one attached hydrogen (secondary N) is 1. The third kappa shape index (κ3) is 3.26. The van der Waals surface area contributed by atoms with Gasteiger partial charge in [-0.05, 0) is 25.7 Å². The molecule has 0 fully saturated rings. The highest BCUT2D eigenvalue weighted by molar-refractivity contribution is 7.15. The number of aryl methyl sites for hydroxylation is 2. The third-order valence-electron chi connectivity index (χ3n) is 2.66. The number of nitrogens with zero attached hydrogens (tertiary/aromatic N) is 1. The molecule has 6 heteroatoms. The number of carbonyl (C=O) groups is 2. The Bertz CT molecular complexity index is 418. The molecular weight excluding hydrogens is 240 g/mol. The van der Waals surface area contributed by atoms with E-state index in [9.17, 15) is 9.59 Å².